The minimum atomic E-state index is -0.349. The van der Waals surface area contributed by atoms with Crippen molar-refractivity contribution >= 4 is 40.3 Å². The van der Waals surface area contributed by atoms with E-state index in [9.17, 15) is 14.9 Å². The maximum atomic E-state index is 12.5. The number of carbonyl (C=O) groups excluding carboxylic acids is 1. The van der Waals surface area contributed by atoms with E-state index in [4.69, 9.17) is 4.74 Å². The fourth-order valence-electron chi connectivity index (χ4n) is 3.70. The van der Waals surface area contributed by atoms with Crippen LogP contribution in [0.4, 0.5) is 11.4 Å². The molecule has 2 heterocycles. The largest absolute Gasteiger partial charge is 0.494 e. The summed E-state index contributed by atoms with van der Waals surface area (Å²) in [4.78, 5) is 32.4. The van der Waals surface area contributed by atoms with Crippen molar-refractivity contribution in [3.8, 4) is 5.75 Å². The number of ether oxygens (including phenoxy) is 1. The molecule has 2 aliphatic rings. The van der Waals surface area contributed by atoms with Gasteiger partial charge in [0.15, 0.2) is 5.17 Å². The molecule has 4 rings (SSSR count). The zero-order chi connectivity index (χ0) is 23.2. The molecule has 0 bridgehead atoms. The minimum Gasteiger partial charge on any atom is -0.494 e. The van der Waals surface area contributed by atoms with Gasteiger partial charge in [0.2, 0.25) is 0 Å². The number of carbonyl (C=O) groups is 1. The van der Waals surface area contributed by atoms with Crippen molar-refractivity contribution in [1.29, 1.82) is 0 Å². The Morgan fingerprint density at radius 1 is 1.09 bits per heavy atom. The van der Waals surface area contributed by atoms with Gasteiger partial charge in [-0.2, -0.15) is 4.99 Å². The molecule has 0 saturated carbocycles. The number of nitro benzene ring substituents is 1. The van der Waals surface area contributed by atoms with E-state index in [0.717, 1.165) is 24.2 Å². The van der Waals surface area contributed by atoms with Gasteiger partial charge >= 0.3 is 0 Å². The average Bonchev–Trinajstić information content (AvgIpc) is 3.20. The van der Waals surface area contributed by atoms with E-state index < -0.39 is 0 Å². The molecular formula is C24H26N4O4S. The van der Waals surface area contributed by atoms with Crippen LogP contribution in [0.5, 0.6) is 5.75 Å². The Morgan fingerprint density at radius 3 is 2.48 bits per heavy atom. The molecule has 0 aromatic heterocycles. The summed E-state index contributed by atoms with van der Waals surface area (Å²) in [5.41, 5.74) is 1.66. The van der Waals surface area contributed by atoms with Crippen LogP contribution in [0, 0.1) is 10.1 Å². The molecule has 0 aliphatic carbocycles. The monoisotopic (exact) mass is 466 g/mol. The topological polar surface area (TPSA) is 88.3 Å². The zero-order valence-corrected chi connectivity index (χ0v) is 19.3. The van der Waals surface area contributed by atoms with Crippen LogP contribution in [0.3, 0.4) is 0 Å². The highest BCUT2D eigenvalue weighted by molar-refractivity contribution is 8.18. The molecule has 0 unspecified atom stereocenters. The van der Waals surface area contributed by atoms with Gasteiger partial charge in [-0.1, -0.05) is 37.6 Å². The van der Waals surface area contributed by atoms with Gasteiger partial charge in [-0.05, 0) is 48.0 Å². The fraction of sp³-hybridized carbons (Fsp3) is 0.333. The number of hydrogen-bond donors (Lipinski definition) is 0. The maximum absolute atomic E-state index is 12.5. The Bertz CT molecular complexity index is 1080. The van der Waals surface area contributed by atoms with Crippen LogP contribution >= 0.6 is 11.8 Å². The molecule has 2 aromatic carbocycles. The van der Waals surface area contributed by atoms with E-state index >= 15 is 0 Å². The van der Waals surface area contributed by atoms with Gasteiger partial charge < -0.3 is 14.5 Å². The highest BCUT2D eigenvalue weighted by Gasteiger charge is 2.30. The number of hydrogen-bond acceptors (Lipinski definition) is 7. The molecule has 2 aliphatic heterocycles. The first-order valence-electron chi connectivity index (χ1n) is 11.0. The van der Waals surface area contributed by atoms with Crippen molar-refractivity contribution in [2.45, 2.75) is 19.8 Å². The highest BCUT2D eigenvalue weighted by Crippen LogP contribution is 2.33. The van der Waals surface area contributed by atoms with Crippen molar-refractivity contribution in [1.82, 2.24) is 4.90 Å². The first kappa shape index (κ1) is 22.8. The predicted molar refractivity (Wildman–Crippen MR) is 132 cm³/mol. The summed E-state index contributed by atoms with van der Waals surface area (Å²) in [7, 11) is 0. The Morgan fingerprint density at radius 2 is 1.79 bits per heavy atom. The molecule has 2 aromatic rings. The summed E-state index contributed by atoms with van der Waals surface area (Å²) in [6, 6.07) is 14.5. The number of piperazine rings is 1. The van der Waals surface area contributed by atoms with Crippen LogP contribution in [0.1, 0.15) is 25.3 Å². The number of aliphatic imine (C=N–C) groups is 1. The summed E-state index contributed by atoms with van der Waals surface area (Å²) in [5, 5.41) is 12.0. The third-order valence-corrected chi connectivity index (χ3v) is 6.57. The second-order valence-corrected chi connectivity index (χ2v) is 8.81. The lowest BCUT2D eigenvalue weighted by Crippen LogP contribution is -2.48. The zero-order valence-electron chi connectivity index (χ0n) is 18.5. The maximum Gasteiger partial charge on any atom is 0.292 e. The van der Waals surface area contributed by atoms with Crippen LogP contribution < -0.4 is 9.64 Å². The van der Waals surface area contributed by atoms with Crippen LogP contribution in [-0.4, -0.2) is 53.7 Å². The average molecular weight is 467 g/mol. The third kappa shape index (κ3) is 5.54. The van der Waals surface area contributed by atoms with Gasteiger partial charge in [0.25, 0.3) is 11.6 Å². The van der Waals surface area contributed by atoms with Crippen LogP contribution in [0.2, 0.25) is 0 Å². The number of amidine groups is 1. The van der Waals surface area contributed by atoms with E-state index in [2.05, 4.69) is 16.8 Å². The predicted octanol–water partition coefficient (Wildman–Crippen LogP) is 4.57. The van der Waals surface area contributed by atoms with E-state index in [1.54, 1.807) is 12.1 Å². The van der Waals surface area contributed by atoms with E-state index in [1.165, 1.54) is 17.8 Å². The molecular weight excluding hydrogens is 440 g/mol. The smallest absolute Gasteiger partial charge is 0.292 e. The third-order valence-electron chi connectivity index (χ3n) is 5.52. The van der Waals surface area contributed by atoms with Crippen molar-refractivity contribution in [3.05, 3.63) is 69.1 Å². The van der Waals surface area contributed by atoms with Crippen molar-refractivity contribution in [2.75, 3.05) is 37.7 Å². The minimum absolute atomic E-state index is 0.112. The lowest BCUT2D eigenvalue weighted by atomic mass is 10.2. The molecule has 0 radical (unpaired) electrons. The number of para-hydroxylation sites is 2. The number of unbranched alkanes of at least 4 members (excludes halogenated alkanes) is 1. The van der Waals surface area contributed by atoms with Crippen molar-refractivity contribution < 1.29 is 14.5 Å². The van der Waals surface area contributed by atoms with E-state index in [0.29, 0.717) is 48.5 Å². The number of thioether (sulfide) groups is 1. The van der Waals surface area contributed by atoms with Crippen LogP contribution in [-0.2, 0) is 4.79 Å². The first-order valence-corrected chi connectivity index (χ1v) is 11.9. The van der Waals surface area contributed by atoms with Gasteiger partial charge in [0, 0.05) is 32.2 Å². The molecule has 8 nitrogen and oxygen atoms in total. The number of nitrogens with zero attached hydrogens (tertiary/aromatic N) is 4. The number of rotatable bonds is 7. The fourth-order valence-corrected chi connectivity index (χ4v) is 4.67. The standard InChI is InChI=1S/C24H26N4O4S/c1-2-3-16-32-19-10-8-18(9-11-19)17-22-23(29)25-24(33-22)27-14-12-26(13-15-27)20-6-4-5-7-21(20)28(30)31/h4-11,17H,2-3,12-16H2,1H3/b22-17+. The summed E-state index contributed by atoms with van der Waals surface area (Å²) < 4.78 is 5.69. The van der Waals surface area contributed by atoms with Gasteiger partial charge in [0.1, 0.15) is 11.4 Å². The highest BCUT2D eigenvalue weighted by atomic mass is 32.2. The number of nitro groups is 1. The Labute approximate surface area is 197 Å². The van der Waals surface area contributed by atoms with Crippen molar-refractivity contribution in [2.24, 2.45) is 4.99 Å². The molecule has 9 heteroatoms. The Kier molecular flexibility index (Phi) is 7.29. The molecule has 1 amide bonds. The van der Waals surface area contributed by atoms with Crippen LogP contribution in [0.15, 0.2) is 58.4 Å². The molecule has 0 spiro atoms. The quantitative estimate of drug-likeness (QED) is 0.256. The molecule has 0 atom stereocenters. The molecule has 0 N–H and O–H groups in total. The lowest BCUT2D eigenvalue weighted by Gasteiger charge is -2.36. The van der Waals surface area contributed by atoms with Crippen molar-refractivity contribution in [3.63, 3.8) is 0 Å². The van der Waals surface area contributed by atoms with E-state index in [-0.39, 0.29) is 16.5 Å². The number of benzene rings is 2. The van der Waals surface area contributed by atoms with Crippen LogP contribution in [0.25, 0.3) is 6.08 Å². The van der Waals surface area contributed by atoms with Gasteiger partial charge in [0.05, 0.1) is 16.4 Å². The van der Waals surface area contributed by atoms with Gasteiger partial charge in [-0.25, -0.2) is 0 Å². The first-order chi connectivity index (χ1) is 16.0. The Hall–Kier alpha value is -3.33. The Balaban J connectivity index is 1.35. The summed E-state index contributed by atoms with van der Waals surface area (Å²) >= 11 is 1.38. The SMILES string of the molecule is CCCCOc1ccc(/C=C2/SC(N3CCN(c4ccccc4[N+](=O)[O-])CC3)=NC2=O)cc1. The second kappa shape index (κ2) is 10.5. The van der Waals surface area contributed by atoms with E-state index in [1.807, 2.05) is 41.3 Å². The summed E-state index contributed by atoms with van der Waals surface area (Å²) in [5.74, 6) is 0.587. The normalized spacial score (nSPS) is 17.4. The molecule has 1 fully saturated rings. The second-order valence-electron chi connectivity index (χ2n) is 7.80. The molecule has 33 heavy (non-hydrogen) atoms. The summed E-state index contributed by atoms with van der Waals surface area (Å²) in [6.07, 6.45) is 3.96. The van der Waals surface area contributed by atoms with Gasteiger partial charge in [-0.15, -0.1) is 0 Å². The molecule has 172 valence electrons. The molecule has 1 saturated heterocycles. The number of anilines is 1. The lowest BCUT2D eigenvalue weighted by molar-refractivity contribution is -0.384. The number of amides is 1. The summed E-state index contributed by atoms with van der Waals surface area (Å²) in [6.45, 7) is 5.35. The van der Waals surface area contributed by atoms with Gasteiger partial charge in [-0.3, -0.25) is 14.9 Å².